The maximum absolute atomic E-state index is 12.5. The summed E-state index contributed by atoms with van der Waals surface area (Å²) in [6, 6.07) is 11.9. The molecule has 26 heavy (non-hydrogen) atoms. The zero-order valence-electron chi connectivity index (χ0n) is 14.5. The second-order valence-corrected chi connectivity index (χ2v) is 5.92. The molecule has 7 heteroatoms. The summed E-state index contributed by atoms with van der Waals surface area (Å²) in [5.41, 5.74) is 1.04. The van der Waals surface area contributed by atoms with Crippen molar-refractivity contribution in [3.05, 3.63) is 74.4 Å². The van der Waals surface area contributed by atoms with E-state index in [1.807, 2.05) is 13.0 Å². The normalized spacial score (nSPS) is 10.7. The van der Waals surface area contributed by atoms with Crippen LogP contribution in [0, 0.1) is 6.92 Å². The number of aromatic amines is 1. The second-order valence-electron chi connectivity index (χ2n) is 5.92. The van der Waals surface area contributed by atoms with Crippen molar-refractivity contribution in [2.24, 2.45) is 0 Å². The number of nitrogens with zero attached hydrogens (tertiary/aromatic N) is 1. The van der Waals surface area contributed by atoms with Gasteiger partial charge in [0.2, 0.25) is 0 Å². The highest BCUT2D eigenvalue weighted by Crippen LogP contribution is 2.11. The maximum Gasteiger partial charge on any atom is 0.328 e. The Morgan fingerprint density at radius 3 is 2.58 bits per heavy atom. The number of hydrogen-bond acceptors (Lipinski definition) is 4. The predicted octanol–water partition coefficient (Wildman–Crippen LogP) is 1.44. The summed E-state index contributed by atoms with van der Waals surface area (Å²) in [7, 11) is 1.55. The van der Waals surface area contributed by atoms with Crippen molar-refractivity contribution >= 4 is 16.8 Å². The molecule has 7 nitrogen and oxygen atoms in total. The molecular weight excluding hydrogens is 334 g/mol. The van der Waals surface area contributed by atoms with E-state index in [0.717, 1.165) is 10.1 Å². The minimum Gasteiger partial charge on any atom is -0.497 e. The molecule has 0 saturated heterocycles. The second kappa shape index (κ2) is 7.26. The van der Waals surface area contributed by atoms with Gasteiger partial charge in [-0.15, -0.1) is 0 Å². The number of aryl methyl sites for hydroxylation is 1. The first-order valence-electron chi connectivity index (χ1n) is 8.15. The molecular formula is C19H19N3O4. The van der Waals surface area contributed by atoms with E-state index in [9.17, 15) is 14.4 Å². The number of benzene rings is 2. The van der Waals surface area contributed by atoms with Gasteiger partial charge in [-0.3, -0.25) is 14.2 Å². The number of nitrogens with one attached hydrogen (secondary N) is 2. The number of rotatable bonds is 5. The van der Waals surface area contributed by atoms with Gasteiger partial charge < -0.3 is 15.0 Å². The van der Waals surface area contributed by atoms with E-state index in [1.165, 1.54) is 0 Å². The quantitative estimate of drug-likeness (QED) is 0.726. The lowest BCUT2D eigenvalue weighted by molar-refractivity contribution is 0.0952. The molecule has 1 aromatic heterocycles. The van der Waals surface area contributed by atoms with Crippen LogP contribution in [-0.4, -0.2) is 29.1 Å². The predicted molar refractivity (Wildman–Crippen MR) is 98.9 cm³/mol. The molecule has 0 spiro atoms. The van der Waals surface area contributed by atoms with Crippen LogP contribution >= 0.6 is 0 Å². The number of carbonyl (C=O) groups excluding carboxylic acids is 1. The Bertz CT molecular complexity index is 1060. The van der Waals surface area contributed by atoms with Gasteiger partial charge in [0.05, 0.1) is 18.0 Å². The third kappa shape index (κ3) is 3.51. The minimum atomic E-state index is -0.495. The van der Waals surface area contributed by atoms with Crippen LogP contribution < -0.4 is 21.3 Å². The average Bonchev–Trinajstić information content (AvgIpc) is 2.65. The van der Waals surface area contributed by atoms with Gasteiger partial charge in [0, 0.05) is 18.7 Å². The minimum absolute atomic E-state index is 0.0833. The summed E-state index contributed by atoms with van der Waals surface area (Å²) in [5.74, 6) is 0.375. The molecule has 0 aliphatic heterocycles. The third-order valence-corrected chi connectivity index (χ3v) is 4.11. The number of hydrogen-bond donors (Lipinski definition) is 2. The van der Waals surface area contributed by atoms with Crippen LogP contribution in [0.4, 0.5) is 0 Å². The molecule has 0 bridgehead atoms. The number of ether oxygens (including phenoxy) is 1. The zero-order chi connectivity index (χ0) is 18.7. The molecule has 0 aliphatic rings. The van der Waals surface area contributed by atoms with Gasteiger partial charge in [-0.2, -0.15) is 0 Å². The Kier molecular flexibility index (Phi) is 4.88. The van der Waals surface area contributed by atoms with Crippen LogP contribution in [0.3, 0.4) is 0 Å². The summed E-state index contributed by atoms with van der Waals surface area (Å²) in [5, 5.41) is 3.16. The summed E-state index contributed by atoms with van der Waals surface area (Å²) in [6.07, 6.45) is 0. The van der Waals surface area contributed by atoms with Gasteiger partial charge >= 0.3 is 5.69 Å². The van der Waals surface area contributed by atoms with Crippen LogP contribution in [0.25, 0.3) is 10.9 Å². The van der Waals surface area contributed by atoms with Crippen molar-refractivity contribution in [2.45, 2.75) is 13.5 Å². The number of carbonyl (C=O) groups is 1. The van der Waals surface area contributed by atoms with Crippen molar-refractivity contribution in [3.63, 3.8) is 0 Å². The lowest BCUT2D eigenvalue weighted by atomic mass is 10.2. The highest BCUT2D eigenvalue weighted by molar-refractivity contribution is 5.94. The van der Waals surface area contributed by atoms with E-state index in [0.29, 0.717) is 22.2 Å². The summed E-state index contributed by atoms with van der Waals surface area (Å²) in [6.45, 7) is 2.12. The van der Waals surface area contributed by atoms with Crippen molar-refractivity contribution in [1.82, 2.24) is 14.9 Å². The number of aromatic nitrogens is 2. The number of fused-ring (bicyclic) bond motifs is 1. The zero-order valence-corrected chi connectivity index (χ0v) is 14.5. The molecule has 0 atom stereocenters. The molecule has 0 unspecified atom stereocenters. The molecule has 0 aliphatic carbocycles. The highest BCUT2D eigenvalue weighted by atomic mass is 16.5. The number of H-pyrrole nitrogens is 1. The van der Waals surface area contributed by atoms with Crippen LogP contribution in [0.15, 0.2) is 52.1 Å². The van der Waals surface area contributed by atoms with E-state index in [-0.39, 0.29) is 24.6 Å². The first-order valence-corrected chi connectivity index (χ1v) is 8.15. The topological polar surface area (TPSA) is 93.2 Å². The van der Waals surface area contributed by atoms with E-state index >= 15 is 0 Å². The summed E-state index contributed by atoms with van der Waals surface area (Å²) in [4.78, 5) is 39.5. The molecule has 0 radical (unpaired) electrons. The highest BCUT2D eigenvalue weighted by Gasteiger charge is 2.09. The Labute approximate surface area is 149 Å². The Balaban J connectivity index is 1.74. The first-order chi connectivity index (χ1) is 12.5. The Morgan fingerprint density at radius 2 is 1.88 bits per heavy atom. The monoisotopic (exact) mass is 353 g/mol. The van der Waals surface area contributed by atoms with Gasteiger partial charge in [-0.1, -0.05) is 11.6 Å². The smallest absolute Gasteiger partial charge is 0.328 e. The van der Waals surface area contributed by atoms with Gasteiger partial charge in [0.25, 0.3) is 11.5 Å². The SMILES string of the molecule is COc1ccc(C(=O)NCCn2c(=O)[nH]c3ccc(C)cc3c2=O)cc1. The molecule has 134 valence electrons. The van der Waals surface area contributed by atoms with E-state index in [1.54, 1.807) is 43.5 Å². The van der Waals surface area contributed by atoms with Gasteiger partial charge in [-0.25, -0.2) is 4.79 Å². The molecule has 1 amide bonds. The van der Waals surface area contributed by atoms with Crippen molar-refractivity contribution in [2.75, 3.05) is 13.7 Å². The number of methoxy groups -OCH3 is 1. The van der Waals surface area contributed by atoms with Gasteiger partial charge in [0.1, 0.15) is 5.75 Å². The van der Waals surface area contributed by atoms with Crippen molar-refractivity contribution in [1.29, 1.82) is 0 Å². The standard InChI is InChI=1S/C19H19N3O4/c1-12-3-8-16-15(11-12)18(24)22(19(25)21-16)10-9-20-17(23)13-4-6-14(26-2)7-5-13/h3-8,11H,9-10H2,1-2H3,(H,20,23)(H,21,25). The molecule has 2 N–H and O–H groups in total. The van der Waals surface area contributed by atoms with Gasteiger partial charge in [-0.05, 0) is 43.3 Å². The third-order valence-electron chi connectivity index (χ3n) is 4.11. The maximum atomic E-state index is 12.5. The molecule has 1 heterocycles. The fourth-order valence-electron chi connectivity index (χ4n) is 2.69. The fourth-order valence-corrected chi connectivity index (χ4v) is 2.69. The Hall–Kier alpha value is -3.35. The average molecular weight is 353 g/mol. The van der Waals surface area contributed by atoms with E-state index in [4.69, 9.17) is 4.74 Å². The molecule has 0 fully saturated rings. The van der Waals surface area contributed by atoms with Crippen LogP contribution in [0.2, 0.25) is 0 Å². The summed E-state index contributed by atoms with van der Waals surface area (Å²) < 4.78 is 6.14. The molecule has 3 aromatic rings. The molecule has 3 rings (SSSR count). The van der Waals surface area contributed by atoms with Crippen molar-refractivity contribution < 1.29 is 9.53 Å². The molecule has 2 aromatic carbocycles. The van der Waals surface area contributed by atoms with Crippen LogP contribution in [0.1, 0.15) is 15.9 Å². The number of amides is 1. The lowest BCUT2D eigenvalue weighted by Crippen LogP contribution is -2.39. The molecule has 0 saturated carbocycles. The van der Waals surface area contributed by atoms with E-state index in [2.05, 4.69) is 10.3 Å². The van der Waals surface area contributed by atoms with Crippen LogP contribution in [0.5, 0.6) is 5.75 Å². The van der Waals surface area contributed by atoms with E-state index < -0.39 is 5.69 Å². The Morgan fingerprint density at radius 1 is 1.15 bits per heavy atom. The summed E-state index contributed by atoms with van der Waals surface area (Å²) >= 11 is 0. The largest absolute Gasteiger partial charge is 0.497 e. The van der Waals surface area contributed by atoms with Crippen molar-refractivity contribution in [3.8, 4) is 5.75 Å². The fraction of sp³-hybridized carbons (Fsp3) is 0.211. The van der Waals surface area contributed by atoms with Crippen LogP contribution in [-0.2, 0) is 6.54 Å². The lowest BCUT2D eigenvalue weighted by Gasteiger charge is -2.09. The van der Waals surface area contributed by atoms with Gasteiger partial charge in [0.15, 0.2) is 0 Å². The first kappa shape index (κ1) is 17.5.